The second kappa shape index (κ2) is 6.89. The van der Waals surface area contributed by atoms with Gasteiger partial charge in [0.1, 0.15) is 17.9 Å². The van der Waals surface area contributed by atoms with E-state index >= 15 is 0 Å². The van der Waals surface area contributed by atoms with E-state index < -0.39 is 10.9 Å². The normalized spacial score (nSPS) is 11.5. The topological polar surface area (TPSA) is 143 Å². The molecule has 0 amide bonds. The summed E-state index contributed by atoms with van der Waals surface area (Å²) in [6, 6.07) is 1.50. The molecular formula is C13H17N7O4. The average Bonchev–Trinajstić information content (AvgIpc) is 3.10. The zero-order valence-corrected chi connectivity index (χ0v) is 13.5. The Morgan fingerprint density at radius 1 is 1.46 bits per heavy atom. The smallest absolute Gasteiger partial charge is 0.383 e. The van der Waals surface area contributed by atoms with E-state index in [1.165, 1.54) is 17.7 Å². The van der Waals surface area contributed by atoms with Crippen molar-refractivity contribution in [2.75, 3.05) is 0 Å². The maximum atomic E-state index is 11.8. The Morgan fingerprint density at radius 2 is 2.17 bits per heavy atom. The van der Waals surface area contributed by atoms with E-state index in [0.717, 1.165) is 0 Å². The Hall–Kier alpha value is -3.24. The van der Waals surface area contributed by atoms with Crippen molar-refractivity contribution in [2.24, 2.45) is 10.9 Å². The van der Waals surface area contributed by atoms with Crippen LogP contribution in [0.2, 0.25) is 0 Å². The van der Waals surface area contributed by atoms with Crippen LogP contribution in [0.15, 0.2) is 17.4 Å². The molecule has 0 spiro atoms. The van der Waals surface area contributed by atoms with Crippen LogP contribution < -0.4 is 5.73 Å². The maximum absolute atomic E-state index is 11.8. The zero-order chi connectivity index (χ0) is 17.9. The van der Waals surface area contributed by atoms with Crippen LogP contribution in [0.5, 0.6) is 0 Å². The third-order valence-electron chi connectivity index (χ3n) is 3.26. The predicted molar refractivity (Wildman–Crippen MR) is 83.3 cm³/mol. The van der Waals surface area contributed by atoms with E-state index in [2.05, 4.69) is 15.4 Å². The van der Waals surface area contributed by atoms with E-state index in [0.29, 0.717) is 12.2 Å². The largest absolute Gasteiger partial charge is 0.385 e. The summed E-state index contributed by atoms with van der Waals surface area (Å²) in [6.45, 7) is 5.53. The lowest BCUT2D eigenvalue weighted by atomic mass is 10.3. The molecule has 2 aromatic heterocycles. The number of nitro groups is 1. The molecule has 0 aromatic carbocycles. The van der Waals surface area contributed by atoms with E-state index in [4.69, 9.17) is 10.6 Å². The first kappa shape index (κ1) is 17.1. The van der Waals surface area contributed by atoms with Crippen molar-refractivity contribution < 1.29 is 14.6 Å². The lowest BCUT2D eigenvalue weighted by Crippen LogP contribution is -2.22. The van der Waals surface area contributed by atoms with E-state index in [1.807, 2.05) is 6.92 Å². The lowest BCUT2D eigenvalue weighted by Gasteiger charge is -2.02. The van der Waals surface area contributed by atoms with Crippen LogP contribution in [0.1, 0.15) is 28.8 Å². The van der Waals surface area contributed by atoms with Crippen LogP contribution in [0.3, 0.4) is 0 Å². The lowest BCUT2D eigenvalue weighted by molar-refractivity contribution is -0.386. The number of aryl methyl sites for hydroxylation is 2. The number of carbonyl (C=O) groups is 1. The van der Waals surface area contributed by atoms with Gasteiger partial charge in [0.05, 0.1) is 4.92 Å². The highest BCUT2D eigenvalue weighted by Gasteiger charge is 2.22. The maximum Gasteiger partial charge on any atom is 0.385 e. The Kier molecular flexibility index (Phi) is 4.92. The molecule has 0 saturated heterocycles. The monoisotopic (exact) mass is 335 g/mol. The van der Waals surface area contributed by atoms with Gasteiger partial charge >= 0.3 is 11.7 Å². The van der Waals surface area contributed by atoms with Crippen molar-refractivity contribution in [3.8, 4) is 0 Å². The molecule has 0 radical (unpaired) electrons. The summed E-state index contributed by atoms with van der Waals surface area (Å²) in [5.74, 6) is -0.803. The first-order chi connectivity index (χ1) is 11.3. The van der Waals surface area contributed by atoms with Gasteiger partial charge in [0.15, 0.2) is 11.5 Å². The summed E-state index contributed by atoms with van der Waals surface area (Å²) >= 11 is 0. The molecule has 2 N–H and O–H groups in total. The van der Waals surface area contributed by atoms with Crippen LogP contribution in [0.4, 0.5) is 5.69 Å². The summed E-state index contributed by atoms with van der Waals surface area (Å²) in [4.78, 5) is 26.9. The van der Waals surface area contributed by atoms with Crippen LogP contribution >= 0.6 is 0 Å². The number of carbonyl (C=O) groups excluding carboxylic acids is 1. The van der Waals surface area contributed by atoms with Gasteiger partial charge in [-0.05, 0) is 26.8 Å². The highest BCUT2D eigenvalue weighted by atomic mass is 16.7. The molecule has 2 heterocycles. The summed E-state index contributed by atoms with van der Waals surface area (Å²) in [7, 11) is 0. The number of rotatable bonds is 6. The highest BCUT2D eigenvalue weighted by Crippen LogP contribution is 2.21. The SMILES string of the molecule is CCn1ccc(C(=O)O/N=C(/N)Cn2nc(C)c([N+](=O)[O-])c2C)n1. The standard InChI is InChI=1S/C13H17N7O4/c1-4-18-6-5-10(16-18)13(21)24-17-11(14)7-19-9(3)12(20(22)23)8(2)15-19/h5-6H,4,7H2,1-3H3,(H2,14,17). The number of aromatic nitrogens is 4. The molecule has 11 heteroatoms. The van der Waals surface area contributed by atoms with Crippen molar-refractivity contribution in [2.45, 2.75) is 33.9 Å². The second-order valence-corrected chi connectivity index (χ2v) is 4.95. The molecule has 11 nitrogen and oxygen atoms in total. The van der Waals surface area contributed by atoms with Crippen molar-refractivity contribution in [3.05, 3.63) is 39.5 Å². The Bertz CT molecular complexity index is 805. The molecule has 2 rings (SSSR count). The van der Waals surface area contributed by atoms with Crippen molar-refractivity contribution in [1.29, 1.82) is 0 Å². The van der Waals surface area contributed by atoms with Gasteiger partial charge in [-0.15, -0.1) is 0 Å². The molecule has 0 fully saturated rings. The summed E-state index contributed by atoms with van der Waals surface area (Å²) in [5, 5.41) is 22.5. The summed E-state index contributed by atoms with van der Waals surface area (Å²) < 4.78 is 2.89. The minimum Gasteiger partial charge on any atom is -0.383 e. The number of hydrogen-bond donors (Lipinski definition) is 1. The fourth-order valence-corrected chi connectivity index (χ4v) is 2.08. The Morgan fingerprint density at radius 3 is 2.71 bits per heavy atom. The Labute approximate surface area is 136 Å². The zero-order valence-electron chi connectivity index (χ0n) is 13.5. The average molecular weight is 335 g/mol. The van der Waals surface area contributed by atoms with Gasteiger partial charge in [-0.3, -0.25) is 19.5 Å². The van der Waals surface area contributed by atoms with Gasteiger partial charge in [0.2, 0.25) is 0 Å². The number of hydrogen-bond acceptors (Lipinski definition) is 7. The van der Waals surface area contributed by atoms with Gasteiger partial charge in [-0.1, -0.05) is 5.16 Å². The van der Waals surface area contributed by atoms with Crippen molar-refractivity contribution >= 4 is 17.5 Å². The molecule has 0 saturated carbocycles. The fraction of sp³-hybridized carbons (Fsp3) is 0.385. The molecule has 0 aliphatic heterocycles. The molecule has 24 heavy (non-hydrogen) atoms. The van der Waals surface area contributed by atoms with Gasteiger partial charge in [0.25, 0.3) is 0 Å². The molecule has 0 atom stereocenters. The van der Waals surface area contributed by atoms with E-state index in [9.17, 15) is 14.9 Å². The minimum absolute atomic E-state index is 0.0445. The van der Waals surface area contributed by atoms with Crippen LogP contribution in [0, 0.1) is 24.0 Å². The van der Waals surface area contributed by atoms with Crippen LogP contribution in [-0.2, 0) is 17.9 Å². The van der Waals surface area contributed by atoms with Crippen LogP contribution in [-0.4, -0.2) is 36.3 Å². The third-order valence-corrected chi connectivity index (χ3v) is 3.26. The number of amidine groups is 1. The number of oxime groups is 1. The second-order valence-electron chi connectivity index (χ2n) is 4.95. The van der Waals surface area contributed by atoms with Crippen molar-refractivity contribution in [1.82, 2.24) is 19.6 Å². The van der Waals surface area contributed by atoms with Gasteiger partial charge < -0.3 is 10.6 Å². The van der Waals surface area contributed by atoms with Crippen LogP contribution in [0.25, 0.3) is 0 Å². The van der Waals surface area contributed by atoms with Gasteiger partial charge in [-0.25, -0.2) is 4.79 Å². The molecule has 0 unspecified atom stereocenters. The minimum atomic E-state index is -0.746. The molecule has 0 bridgehead atoms. The third kappa shape index (κ3) is 3.56. The van der Waals surface area contributed by atoms with Gasteiger partial charge in [-0.2, -0.15) is 10.2 Å². The summed E-state index contributed by atoms with van der Waals surface area (Å²) in [5.41, 5.74) is 6.32. The van der Waals surface area contributed by atoms with E-state index in [1.54, 1.807) is 17.8 Å². The fourth-order valence-electron chi connectivity index (χ4n) is 2.08. The molecule has 0 aliphatic carbocycles. The first-order valence-electron chi connectivity index (χ1n) is 7.09. The highest BCUT2D eigenvalue weighted by molar-refractivity contribution is 5.88. The summed E-state index contributed by atoms with van der Waals surface area (Å²) in [6.07, 6.45) is 1.64. The number of nitrogens with two attached hydrogens (primary N) is 1. The van der Waals surface area contributed by atoms with Crippen molar-refractivity contribution in [3.63, 3.8) is 0 Å². The first-order valence-corrected chi connectivity index (χ1v) is 7.09. The number of nitrogens with zero attached hydrogens (tertiary/aromatic N) is 6. The molecule has 128 valence electrons. The molecular weight excluding hydrogens is 318 g/mol. The van der Waals surface area contributed by atoms with E-state index in [-0.39, 0.29) is 29.5 Å². The molecule has 0 aliphatic rings. The quantitative estimate of drug-likeness (QED) is 0.270. The molecule has 2 aromatic rings. The Balaban J connectivity index is 2.05. The van der Waals surface area contributed by atoms with Gasteiger partial charge in [0, 0.05) is 12.7 Å². The predicted octanol–water partition coefficient (Wildman–Crippen LogP) is 0.754.